The van der Waals surface area contributed by atoms with Crippen molar-refractivity contribution in [2.45, 2.75) is 39.3 Å². The van der Waals surface area contributed by atoms with Gasteiger partial charge in [0.2, 0.25) is 0 Å². The summed E-state index contributed by atoms with van der Waals surface area (Å²) in [6, 6.07) is 4.10. The van der Waals surface area contributed by atoms with E-state index in [4.69, 9.17) is 5.11 Å². The highest BCUT2D eigenvalue weighted by atomic mass is 16.3. The molecule has 0 unspecified atom stereocenters. The summed E-state index contributed by atoms with van der Waals surface area (Å²) in [5, 5.41) is 12.5. The molecule has 2 aromatic heterocycles. The third-order valence-corrected chi connectivity index (χ3v) is 3.29. The number of nitrogens with zero attached hydrogens (tertiary/aromatic N) is 2. The van der Waals surface area contributed by atoms with Crippen LogP contribution in [0.1, 0.15) is 31.5 Å². The molecule has 0 aliphatic carbocycles. The third-order valence-electron chi connectivity index (χ3n) is 3.29. The van der Waals surface area contributed by atoms with Crippen molar-refractivity contribution in [1.29, 1.82) is 0 Å². The molecule has 0 radical (unpaired) electrons. The average molecular weight is 247 g/mol. The van der Waals surface area contributed by atoms with Crippen LogP contribution in [0.3, 0.4) is 0 Å². The minimum Gasteiger partial charge on any atom is -0.396 e. The van der Waals surface area contributed by atoms with Crippen LogP contribution >= 0.6 is 0 Å². The fourth-order valence-corrected chi connectivity index (χ4v) is 2.03. The zero-order valence-electron chi connectivity index (χ0n) is 11.3. The van der Waals surface area contributed by atoms with E-state index in [1.807, 2.05) is 18.5 Å². The molecule has 18 heavy (non-hydrogen) atoms. The summed E-state index contributed by atoms with van der Waals surface area (Å²) in [4.78, 5) is 4.44. The predicted molar refractivity (Wildman–Crippen MR) is 72.6 cm³/mol. The van der Waals surface area contributed by atoms with E-state index >= 15 is 0 Å². The second kappa shape index (κ2) is 5.08. The lowest BCUT2D eigenvalue weighted by molar-refractivity contribution is 0.229. The van der Waals surface area contributed by atoms with Gasteiger partial charge >= 0.3 is 0 Å². The van der Waals surface area contributed by atoms with Gasteiger partial charge < -0.3 is 14.8 Å². The van der Waals surface area contributed by atoms with Crippen LogP contribution < -0.4 is 5.32 Å². The Kier molecular flexibility index (Phi) is 3.68. The molecule has 2 aromatic rings. The zero-order chi connectivity index (χ0) is 13.2. The van der Waals surface area contributed by atoms with E-state index in [1.54, 1.807) is 0 Å². The van der Waals surface area contributed by atoms with Crippen molar-refractivity contribution >= 4 is 5.65 Å². The summed E-state index contributed by atoms with van der Waals surface area (Å²) in [5.41, 5.74) is 3.26. The van der Waals surface area contributed by atoms with Crippen molar-refractivity contribution < 1.29 is 5.11 Å². The third kappa shape index (κ3) is 2.71. The number of hydrogen-bond donors (Lipinski definition) is 2. The zero-order valence-corrected chi connectivity index (χ0v) is 11.3. The van der Waals surface area contributed by atoms with Crippen molar-refractivity contribution in [3.05, 3.63) is 35.8 Å². The number of aliphatic hydroxyl groups is 1. The highest BCUT2D eigenvalue weighted by Crippen LogP contribution is 2.13. The number of fused-ring (bicyclic) bond motifs is 1. The van der Waals surface area contributed by atoms with Crippen LogP contribution in [0.5, 0.6) is 0 Å². The average Bonchev–Trinajstić information content (AvgIpc) is 2.71. The van der Waals surface area contributed by atoms with Gasteiger partial charge in [-0.15, -0.1) is 0 Å². The molecule has 2 heterocycles. The molecule has 0 saturated heterocycles. The number of aliphatic hydroxyl groups excluding tert-OH is 1. The summed E-state index contributed by atoms with van der Waals surface area (Å²) >= 11 is 0. The van der Waals surface area contributed by atoms with Gasteiger partial charge in [-0.2, -0.15) is 0 Å². The minimum absolute atomic E-state index is 0.0667. The van der Waals surface area contributed by atoms with E-state index in [2.05, 4.69) is 41.5 Å². The molecular weight excluding hydrogens is 226 g/mol. The standard InChI is InChI=1S/C14H21N3O/c1-11-5-4-7-17-12(9-15-13(11)17)10-16-14(2,3)6-8-18/h4-5,7,9,16,18H,6,8,10H2,1-3H3. The first-order chi connectivity index (χ1) is 8.53. The molecule has 0 aliphatic rings. The molecule has 4 heteroatoms. The van der Waals surface area contributed by atoms with E-state index in [0.717, 1.165) is 24.3 Å². The van der Waals surface area contributed by atoms with Gasteiger partial charge in [0.05, 0.1) is 11.9 Å². The summed E-state index contributed by atoms with van der Waals surface area (Å²) in [6.07, 6.45) is 4.68. The molecule has 0 amide bonds. The van der Waals surface area contributed by atoms with Crippen LogP contribution in [-0.2, 0) is 6.54 Å². The maximum atomic E-state index is 9.01. The highest BCUT2D eigenvalue weighted by molar-refractivity contribution is 5.48. The predicted octanol–water partition coefficient (Wildman–Crippen LogP) is 1.89. The summed E-state index contributed by atoms with van der Waals surface area (Å²) < 4.78 is 2.11. The Balaban J connectivity index is 2.16. The molecule has 0 fully saturated rings. The van der Waals surface area contributed by atoms with Gasteiger partial charge in [0.25, 0.3) is 0 Å². The number of hydrogen-bond acceptors (Lipinski definition) is 3. The summed E-state index contributed by atoms with van der Waals surface area (Å²) in [5.74, 6) is 0. The number of aryl methyl sites for hydroxylation is 1. The molecule has 0 bridgehead atoms. The van der Waals surface area contributed by atoms with Gasteiger partial charge in [-0.25, -0.2) is 4.98 Å². The molecule has 2 rings (SSSR count). The SMILES string of the molecule is Cc1cccn2c(CNC(C)(C)CCO)cnc12. The largest absolute Gasteiger partial charge is 0.396 e. The van der Waals surface area contributed by atoms with Crippen LogP contribution in [0, 0.1) is 6.92 Å². The van der Waals surface area contributed by atoms with Crippen LogP contribution in [0.15, 0.2) is 24.5 Å². The van der Waals surface area contributed by atoms with E-state index in [1.165, 1.54) is 5.56 Å². The first kappa shape index (κ1) is 13.1. The van der Waals surface area contributed by atoms with Crippen LogP contribution in [0.4, 0.5) is 0 Å². The molecule has 0 saturated carbocycles. The number of imidazole rings is 1. The normalized spacial score (nSPS) is 12.2. The number of aromatic nitrogens is 2. The lowest BCUT2D eigenvalue weighted by Crippen LogP contribution is -2.39. The van der Waals surface area contributed by atoms with Crippen LogP contribution in [0.25, 0.3) is 5.65 Å². The Bertz CT molecular complexity index is 531. The lowest BCUT2D eigenvalue weighted by atomic mass is 10.0. The van der Waals surface area contributed by atoms with Crippen molar-refractivity contribution in [2.75, 3.05) is 6.61 Å². The highest BCUT2D eigenvalue weighted by Gasteiger charge is 2.16. The van der Waals surface area contributed by atoms with E-state index in [-0.39, 0.29) is 12.1 Å². The monoisotopic (exact) mass is 247 g/mol. The maximum Gasteiger partial charge on any atom is 0.139 e. The van der Waals surface area contributed by atoms with Crippen molar-refractivity contribution in [3.8, 4) is 0 Å². The quantitative estimate of drug-likeness (QED) is 0.848. The smallest absolute Gasteiger partial charge is 0.139 e. The van der Waals surface area contributed by atoms with Crippen molar-refractivity contribution in [3.63, 3.8) is 0 Å². The Morgan fingerprint density at radius 3 is 2.94 bits per heavy atom. The summed E-state index contributed by atoms with van der Waals surface area (Å²) in [7, 11) is 0. The molecular formula is C14H21N3O. The molecule has 0 aromatic carbocycles. The van der Waals surface area contributed by atoms with Gasteiger partial charge in [-0.1, -0.05) is 6.07 Å². The number of pyridine rings is 1. The number of nitrogens with one attached hydrogen (secondary N) is 1. The number of rotatable bonds is 5. The van der Waals surface area contributed by atoms with E-state index < -0.39 is 0 Å². The first-order valence-electron chi connectivity index (χ1n) is 6.31. The van der Waals surface area contributed by atoms with E-state index in [0.29, 0.717) is 0 Å². The van der Waals surface area contributed by atoms with Gasteiger partial charge in [-0.3, -0.25) is 0 Å². The second-order valence-corrected chi connectivity index (χ2v) is 5.35. The molecule has 0 spiro atoms. The maximum absolute atomic E-state index is 9.01. The Morgan fingerprint density at radius 1 is 1.44 bits per heavy atom. The fraction of sp³-hybridized carbons (Fsp3) is 0.500. The van der Waals surface area contributed by atoms with Gasteiger partial charge in [0.1, 0.15) is 5.65 Å². The fourth-order valence-electron chi connectivity index (χ4n) is 2.03. The molecule has 4 nitrogen and oxygen atoms in total. The summed E-state index contributed by atoms with van der Waals surface area (Å²) in [6.45, 7) is 7.20. The Hall–Kier alpha value is -1.39. The van der Waals surface area contributed by atoms with Gasteiger partial charge in [-0.05, 0) is 38.8 Å². The molecule has 0 atom stereocenters. The first-order valence-corrected chi connectivity index (χ1v) is 6.31. The Labute approximate surface area is 108 Å². The lowest BCUT2D eigenvalue weighted by Gasteiger charge is -2.25. The van der Waals surface area contributed by atoms with Crippen molar-refractivity contribution in [1.82, 2.24) is 14.7 Å². The molecule has 98 valence electrons. The molecule has 2 N–H and O–H groups in total. The molecule has 0 aliphatic heterocycles. The Morgan fingerprint density at radius 2 is 2.22 bits per heavy atom. The van der Waals surface area contributed by atoms with E-state index in [9.17, 15) is 0 Å². The van der Waals surface area contributed by atoms with Gasteiger partial charge in [0, 0.05) is 24.9 Å². The topological polar surface area (TPSA) is 49.6 Å². The van der Waals surface area contributed by atoms with Crippen LogP contribution in [0.2, 0.25) is 0 Å². The second-order valence-electron chi connectivity index (χ2n) is 5.35. The minimum atomic E-state index is -0.0667. The van der Waals surface area contributed by atoms with Crippen LogP contribution in [-0.4, -0.2) is 26.6 Å². The van der Waals surface area contributed by atoms with Gasteiger partial charge in [0.15, 0.2) is 0 Å². The van der Waals surface area contributed by atoms with Crippen molar-refractivity contribution in [2.24, 2.45) is 0 Å².